The first-order valence-electron chi connectivity index (χ1n) is 8.36. The Balaban J connectivity index is 2.69. The van der Waals surface area contributed by atoms with Crippen LogP contribution in [0, 0.1) is 5.92 Å². The molecule has 0 heterocycles. The molecule has 0 aromatic heterocycles. The lowest BCUT2D eigenvalue weighted by atomic mass is 9.85. The first kappa shape index (κ1) is 19.7. The number of nitrogens with zero attached hydrogens (tertiary/aromatic N) is 2. The largest absolute Gasteiger partial charge is 0.469 e. The minimum Gasteiger partial charge on any atom is -0.469 e. The van der Waals surface area contributed by atoms with Gasteiger partial charge in [0.1, 0.15) is 5.60 Å². The second kappa shape index (κ2) is 8.52. The average molecular weight is 328 g/mol. The van der Waals surface area contributed by atoms with E-state index in [-0.39, 0.29) is 24.0 Å². The fourth-order valence-corrected chi connectivity index (χ4v) is 2.84. The molecule has 0 unspecified atom stereocenters. The number of rotatable bonds is 5. The van der Waals surface area contributed by atoms with Crippen LogP contribution in [-0.2, 0) is 14.3 Å². The van der Waals surface area contributed by atoms with Crippen molar-refractivity contribution in [2.75, 3.05) is 34.3 Å². The summed E-state index contributed by atoms with van der Waals surface area (Å²) in [5.41, 5.74) is -0.503. The SMILES string of the molecule is COC(=O)[C@H]1CC[C@H](N(CCN(C)C)C(=O)OC(C)(C)C)CC1. The molecule has 0 spiro atoms. The van der Waals surface area contributed by atoms with Gasteiger partial charge in [-0.05, 0) is 60.5 Å². The van der Waals surface area contributed by atoms with Gasteiger partial charge < -0.3 is 19.3 Å². The number of hydrogen-bond donors (Lipinski definition) is 0. The molecule has 0 radical (unpaired) electrons. The fraction of sp³-hybridized carbons (Fsp3) is 0.882. The lowest BCUT2D eigenvalue weighted by Crippen LogP contribution is -2.47. The third-order valence-corrected chi connectivity index (χ3v) is 4.09. The Kier molecular flexibility index (Phi) is 7.32. The van der Waals surface area contributed by atoms with Gasteiger partial charge in [0.05, 0.1) is 13.0 Å². The van der Waals surface area contributed by atoms with E-state index >= 15 is 0 Å². The van der Waals surface area contributed by atoms with Crippen LogP contribution >= 0.6 is 0 Å². The number of amides is 1. The number of ether oxygens (including phenoxy) is 2. The van der Waals surface area contributed by atoms with E-state index in [2.05, 4.69) is 4.90 Å². The summed E-state index contributed by atoms with van der Waals surface area (Å²) in [5, 5.41) is 0. The Labute approximate surface area is 140 Å². The van der Waals surface area contributed by atoms with Gasteiger partial charge in [-0.15, -0.1) is 0 Å². The van der Waals surface area contributed by atoms with Crippen molar-refractivity contribution in [3.8, 4) is 0 Å². The lowest BCUT2D eigenvalue weighted by molar-refractivity contribution is -0.146. The predicted molar refractivity (Wildman–Crippen MR) is 89.3 cm³/mol. The maximum absolute atomic E-state index is 12.5. The average Bonchev–Trinajstić information content (AvgIpc) is 2.45. The zero-order chi connectivity index (χ0) is 17.6. The lowest BCUT2D eigenvalue weighted by Gasteiger charge is -2.37. The van der Waals surface area contributed by atoms with Gasteiger partial charge in [0, 0.05) is 19.1 Å². The third-order valence-electron chi connectivity index (χ3n) is 4.09. The van der Waals surface area contributed by atoms with Crippen LogP contribution in [0.4, 0.5) is 4.79 Å². The summed E-state index contributed by atoms with van der Waals surface area (Å²) in [5.74, 6) is -0.175. The first-order chi connectivity index (χ1) is 10.6. The molecule has 0 aromatic carbocycles. The number of esters is 1. The Morgan fingerprint density at radius 1 is 1.04 bits per heavy atom. The molecule has 0 aliphatic heterocycles. The summed E-state index contributed by atoms with van der Waals surface area (Å²) in [7, 11) is 5.40. The molecule has 134 valence electrons. The minimum atomic E-state index is -0.503. The van der Waals surface area contributed by atoms with Crippen molar-refractivity contribution in [1.29, 1.82) is 0 Å². The van der Waals surface area contributed by atoms with Crippen LogP contribution in [0.25, 0.3) is 0 Å². The number of carbonyl (C=O) groups excluding carboxylic acids is 2. The zero-order valence-corrected chi connectivity index (χ0v) is 15.4. The molecule has 6 heteroatoms. The molecule has 0 N–H and O–H groups in total. The first-order valence-corrected chi connectivity index (χ1v) is 8.36. The number of carbonyl (C=O) groups is 2. The van der Waals surface area contributed by atoms with Crippen molar-refractivity contribution in [2.45, 2.75) is 58.1 Å². The van der Waals surface area contributed by atoms with Gasteiger partial charge in [-0.3, -0.25) is 4.79 Å². The number of hydrogen-bond acceptors (Lipinski definition) is 5. The van der Waals surface area contributed by atoms with Gasteiger partial charge in [-0.25, -0.2) is 4.79 Å². The van der Waals surface area contributed by atoms with Crippen LogP contribution in [-0.4, -0.2) is 67.8 Å². The molecule has 1 aliphatic rings. The highest BCUT2D eigenvalue weighted by Crippen LogP contribution is 2.29. The van der Waals surface area contributed by atoms with E-state index in [1.165, 1.54) is 7.11 Å². The van der Waals surface area contributed by atoms with Crippen molar-refractivity contribution in [1.82, 2.24) is 9.80 Å². The molecular formula is C17H32N2O4. The second-order valence-electron chi connectivity index (χ2n) is 7.51. The highest BCUT2D eigenvalue weighted by molar-refractivity contribution is 5.72. The maximum Gasteiger partial charge on any atom is 0.410 e. The summed E-state index contributed by atoms with van der Waals surface area (Å²) in [6, 6.07) is 0.130. The zero-order valence-electron chi connectivity index (χ0n) is 15.4. The van der Waals surface area contributed by atoms with E-state index in [4.69, 9.17) is 9.47 Å². The maximum atomic E-state index is 12.5. The monoisotopic (exact) mass is 328 g/mol. The normalized spacial score (nSPS) is 21.9. The summed E-state index contributed by atoms with van der Waals surface area (Å²) < 4.78 is 10.4. The van der Waals surface area contributed by atoms with E-state index in [1.807, 2.05) is 39.8 Å². The van der Waals surface area contributed by atoms with Crippen LogP contribution in [0.2, 0.25) is 0 Å². The standard InChI is InChI=1S/C17H32N2O4/c1-17(2,3)23-16(21)19(12-11-18(4)5)14-9-7-13(8-10-14)15(20)22-6/h13-14H,7-12H2,1-6H3/t13-,14-. The molecule has 1 rings (SSSR count). The van der Waals surface area contributed by atoms with Crippen molar-refractivity contribution < 1.29 is 19.1 Å². The van der Waals surface area contributed by atoms with E-state index < -0.39 is 5.60 Å². The van der Waals surface area contributed by atoms with Crippen molar-refractivity contribution in [2.24, 2.45) is 5.92 Å². The fourth-order valence-electron chi connectivity index (χ4n) is 2.84. The second-order valence-corrected chi connectivity index (χ2v) is 7.51. The highest BCUT2D eigenvalue weighted by Gasteiger charge is 2.33. The van der Waals surface area contributed by atoms with Gasteiger partial charge in [-0.1, -0.05) is 0 Å². The number of methoxy groups -OCH3 is 1. The Bertz CT molecular complexity index is 396. The van der Waals surface area contributed by atoms with Crippen LogP contribution in [0.3, 0.4) is 0 Å². The van der Waals surface area contributed by atoms with Crippen molar-refractivity contribution in [3.63, 3.8) is 0 Å². The molecule has 0 atom stereocenters. The number of likely N-dealkylation sites (N-methyl/N-ethyl adjacent to an activating group) is 1. The molecular weight excluding hydrogens is 296 g/mol. The van der Waals surface area contributed by atoms with Crippen LogP contribution in [0.15, 0.2) is 0 Å². The molecule has 6 nitrogen and oxygen atoms in total. The summed E-state index contributed by atoms with van der Waals surface area (Å²) >= 11 is 0. The van der Waals surface area contributed by atoms with Crippen LogP contribution < -0.4 is 0 Å². The molecule has 1 aliphatic carbocycles. The Hall–Kier alpha value is -1.30. The molecule has 1 amide bonds. The molecule has 0 bridgehead atoms. The molecule has 1 fully saturated rings. The molecule has 0 aromatic rings. The van der Waals surface area contributed by atoms with E-state index in [0.29, 0.717) is 6.54 Å². The molecule has 0 saturated heterocycles. The quantitative estimate of drug-likeness (QED) is 0.726. The van der Waals surface area contributed by atoms with Gasteiger partial charge in [0.15, 0.2) is 0 Å². The molecule has 1 saturated carbocycles. The topological polar surface area (TPSA) is 59.1 Å². The highest BCUT2D eigenvalue weighted by atomic mass is 16.6. The smallest absolute Gasteiger partial charge is 0.410 e. The van der Waals surface area contributed by atoms with Gasteiger partial charge in [0.25, 0.3) is 0 Å². The van der Waals surface area contributed by atoms with Crippen molar-refractivity contribution >= 4 is 12.1 Å². The molecule has 23 heavy (non-hydrogen) atoms. The predicted octanol–water partition coefficient (Wildman–Crippen LogP) is 2.52. The van der Waals surface area contributed by atoms with Gasteiger partial charge >= 0.3 is 12.1 Å². The summed E-state index contributed by atoms with van der Waals surface area (Å²) in [4.78, 5) is 28.1. The van der Waals surface area contributed by atoms with Crippen molar-refractivity contribution in [3.05, 3.63) is 0 Å². The Morgan fingerprint density at radius 3 is 2.04 bits per heavy atom. The van der Waals surface area contributed by atoms with Crippen LogP contribution in [0.5, 0.6) is 0 Å². The van der Waals surface area contributed by atoms with Gasteiger partial charge in [-0.2, -0.15) is 0 Å². The van der Waals surface area contributed by atoms with E-state index in [9.17, 15) is 9.59 Å². The minimum absolute atomic E-state index is 0.0365. The third kappa shape index (κ3) is 6.77. The van der Waals surface area contributed by atoms with E-state index in [0.717, 1.165) is 32.2 Å². The van der Waals surface area contributed by atoms with Crippen LogP contribution in [0.1, 0.15) is 46.5 Å². The summed E-state index contributed by atoms with van der Waals surface area (Å²) in [6.07, 6.45) is 2.89. The Morgan fingerprint density at radius 2 is 1.61 bits per heavy atom. The summed E-state index contributed by atoms with van der Waals surface area (Å²) in [6.45, 7) is 7.06. The van der Waals surface area contributed by atoms with Gasteiger partial charge in [0.2, 0.25) is 0 Å². The van der Waals surface area contributed by atoms with E-state index in [1.54, 1.807) is 0 Å².